The van der Waals surface area contributed by atoms with Crippen LogP contribution in [0.25, 0.3) is 10.8 Å². The lowest BCUT2D eigenvalue weighted by molar-refractivity contribution is -0.207. The molecule has 0 fully saturated rings. The highest BCUT2D eigenvalue weighted by molar-refractivity contribution is 5.84. The molecule has 2 rings (SSSR count). The standard InChI is InChI=1S/C13H10O3/c1-2-13(14)16-15-12-8-7-10-5-3-4-6-11(10)9-12/h2-9H,1H2. The minimum Gasteiger partial charge on any atom is -0.287 e. The van der Waals surface area contributed by atoms with Crippen LogP contribution in [0.4, 0.5) is 0 Å². The summed E-state index contributed by atoms with van der Waals surface area (Å²) in [5.74, 6) is -0.137. The van der Waals surface area contributed by atoms with Crippen molar-refractivity contribution in [3.63, 3.8) is 0 Å². The number of carbonyl (C=O) groups excluding carboxylic acids is 1. The fourth-order valence-corrected chi connectivity index (χ4v) is 1.34. The summed E-state index contributed by atoms with van der Waals surface area (Å²) in [6.07, 6.45) is 1.04. The minimum atomic E-state index is -0.617. The second-order valence-electron chi connectivity index (χ2n) is 3.20. The normalized spacial score (nSPS) is 9.75. The third-order valence-corrected chi connectivity index (χ3v) is 2.11. The van der Waals surface area contributed by atoms with Crippen LogP contribution in [0.5, 0.6) is 5.75 Å². The molecule has 0 aliphatic heterocycles. The quantitative estimate of drug-likeness (QED) is 0.447. The number of carbonyl (C=O) groups is 1. The molecule has 0 heterocycles. The third kappa shape index (κ3) is 2.20. The van der Waals surface area contributed by atoms with Crippen LogP contribution in [-0.2, 0) is 9.68 Å². The average molecular weight is 214 g/mol. The van der Waals surface area contributed by atoms with E-state index in [1.54, 1.807) is 12.1 Å². The predicted molar refractivity (Wildman–Crippen MR) is 60.9 cm³/mol. The van der Waals surface area contributed by atoms with Crippen LogP contribution in [0.15, 0.2) is 55.1 Å². The fraction of sp³-hybridized carbons (Fsp3) is 0. The van der Waals surface area contributed by atoms with Gasteiger partial charge in [0.1, 0.15) is 0 Å². The zero-order valence-corrected chi connectivity index (χ0v) is 8.55. The van der Waals surface area contributed by atoms with E-state index in [1.165, 1.54) is 0 Å². The van der Waals surface area contributed by atoms with Gasteiger partial charge in [-0.1, -0.05) is 36.9 Å². The van der Waals surface area contributed by atoms with E-state index in [4.69, 9.17) is 4.89 Å². The first-order chi connectivity index (χ1) is 7.79. The van der Waals surface area contributed by atoms with E-state index in [0.717, 1.165) is 16.8 Å². The Bertz CT molecular complexity index is 531. The lowest BCUT2D eigenvalue weighted by Crippen LogP contribution is -2.03. The third-order valence-electron chi connectivity index (χ3n) is 2.11. The van der Waals surface area contributed by atoms with Crippen molar-refractivity contribution >= 4 is 16.7 Å². The van der Waals surface area contributed by atoms with Gasteiger partial charge in [0, 0.05) is 6.08 Å². The molecule has 0 radical (unpaired) electrons. The topological polar surface area (TPSA) is 35.5 Å². The summed E-state index contributed by atoms with van der Waals surface area (Å²) in [7, 11) is 0. The van der Waals surface area contributed by atoms with Gasteiger partial charge < -0.3 is 0 Å². The van der Waals surface area contributed by atoms with Gasteiger partial charge in [-0.2, -0.15) is 0 Å². The van der Waals surface area contributed by atoms with Crippen molar-refractivity contribution in [2.45, 2.75) is 0 Å². The molecule has 0 saturated heterocycles. The molecule has 0 atom stereocenters. The monoisotopic (exact) mass is 214 g/mol. The Kier molecular flexibility index (Phi) is 2.87. The SMILES string of the molecule is C=CC(=O)OOc1ccc2ccccc2c1. The molecule has 16 heavy (non-hydrogen) atoms. The summed E-state index contributed by atoms with van der Waals surface area (Å²) in [5.41, 5.74) is 0. The molecular weight excluding hydrogens is 204 g/mol. The Hall–Kier alpha value is -2.29. The van der Waals surface area contributed by atoms with E-state index in [1.807, 2.05) is 30.3 Å². The smallest absolute Gasteiger partial charge is 0.287 e. The molecule has 0 amide bonds. The van der Waals surface area contributed by atoms with Crippen LogP contribution >= 0.6 is 0 Å². The summed E-state index contributed by atoms with van der Waals surface area (Å²) in [6, 6.07) is 13.3. The molecular formula is C13H10O3. The Morgan fingerprint density at radius 2 is 1.88 bits per heavy atom. The van der Waals surface area contributed by atoms with Crippen molar-refractivity contribution < 1.29 is 14.6 Å². The number of benzene rings is 2. The van der Waals surface area contributed by atoms with Crippen molar-refractivity contribution in [3.05, 3.63) is 55.1 Å². The first-order valence-corrected chi connectivity index (χ1v) is 4.79. The van der Waals surface area contributed by atoms with Gasteiger partial charge in [-0.05, 0) is 22.9 Å². The molecule has 0 aliphatic rings. The van der Waals surface area contributed by atoms with Gasteiger partial charge in [0.2, 0.25) is 0 Å². The van der Waals surface area contributed by atoms with Crippen molar-refractivity contribution in [3.8, 4) is 5.75 Å². The van der Waals surface area contributed by atoms with Crippen molar-refractivity contribution in [1.82, 2.24) is 0 Å². The second-order valence-corrected chi connectivity index (χ2v) is 3.20. The maximum Gasteiger partial charge on any atom is 0.378 e. The fourth-order valence-electron chi connectivity index (χ4n) is 1.34. The predicted octanol–water partition coefficient (Wildman–Crippen LogP) is 2.86. The Labute approximate surface area is 92.8 Å². The van der Waals surface area contributed by atoms with E-state index >= 15 is 0 Å². The Morgan fingerprint density at radius 1 is 1.12 bits per heavy atom. The van der Waals surface area contributed by atoms with E-state index in [9.17, 15) is 4.79 Å². The van der Waals surface area contributed by atoms with Crippen molar-refractivity contribution in [1.29, 1.82) is 0 Å². The Balaban J connectivity index is 2.19. The van der Waals surface area contributed by atoms with Crippen LogP contribution in [0, 0.1) is 0 Å². The molecule has 0 aromatic heterocycles. The maximum atomic E-state index is 10.8. The van der Waals surface area contributed by atoms with E-state index < -0.39 is 5.97 Å². The molecule has 3 heteroatoms. The Morgan fingerprint density at radius 3 is 2.62 bits per heavy atom. The minimum absolute atomic E-state index is 0.480. The van der Waals surface area contributed by atoms with Gasteiger partial charge in [-0.15, -0.1) is 0 Å². The van der Waals surface area contributed by atoms with Crippen molar-refractivity contribution in [2.24, 2.45) is 0 Å². The average Bonchev–Trinajstić information content (AvgIpc) is 2.35. The lowest BCUT2D eigenvalue weighted by Gasteiger charge is -2.03. The van der Waals surface area contributed by atoms with Gasteiger partial charge in [-0.3, -0.25) is 4.89 Å². The van der Waals surface area contributed by atoms with Gasteiger partial charge >= 0.3 is 5.97 Å². The molecule has 0 N–H and O–H groups in total. The van der Waals surface area contributed by atoms with Gasteiger partial charge in [-0.25, -0.2) is 9.68 Å². The highest BCUT2D eigenvalue weighted by Gasteiger charge is 2.00. The largest absolute Gasteiger partial charge is 0.378 e. The highest BCUT2D eigenvalue weighted by atomic mass is 17.2. The number of rotatable bonds is 3. The number of fused-ring (bicyclic) bond motifs is 1. The maximum absolute atomic E-state index is 10.8. The molecule has 0 spiro atoms. The van der Waals surface area contributed by atoms with Gasteiger partial charge in [0.25, 0.3) is 0 Å². The molecule has 3 nitrogen and oxygen atoms in total. The van der Waals surface area contributed by atoms with Gasteiger partial charge in [0.15, 0.2) is 5.75 Å². The molecule has 0 unspecified atom stereocenters. The van der Waals surface area contributed by atoms with Gasteiger partial charge in [0.05, 0.1) is 0 Å². The van der Waals surface area contributed by atoms with Crippen LogP contribution < -0.4 is 4.89 Å². The van der Waals surface area contributed by atoms with E-state index in [-0.39, 0.29) is 0 Å². The number of hydrogen-bond donors (Lipinski definition) is 0. The number of hydrogen-bond acceptors (Lipinski definition) is 3. The molecule has 0 saturated carbocycles. The molecule has 0 bridgehead atoms. The lowest BCUT2D eigenvalue weighted by atomic mass is 10.1. The molecule has 2 aromatic rings. The van der Waals surface area contributed by atoms with Crippen molar-refractivity contribution in [2.75, 3.05) is 0 Å². The first-order valence-electron chi connectivity index (χ1n) is 4.79. The van der Waals surface area contributed by atoms with Crippen LogP contribution in [0.1, 0.15) is 0 Å². The van der Waals surface area contributed by atoms with Crippen LogP contribution in [0.2, 0.25) is 0 Å². The summed E-state index contributed by atoms with van der Waals surface area (Å²) in [5, 5.41) is 2.12. The van der Waals surface area contributed by atoms with E-state index in [0.29, 0.717) is 5.75 Å². The molecule has 0 aliphatic carbocycles. The summed E-state index contributed by atoms with van der Waals surface area (Å²) >= 11 is 0. The van der Waals surface area contributed by atoms with Crippen LogP contribution in [0.3, 0.4) is 0 Å². The zero-order valence-electron chi connectivity index (χ0n) is 8.55. The summed E-state index contributed by atoms with van der Waals surface area (Å²) < 4.78 is 0. The molecule has 80 valence electrons. The summed E-state index contributed by atoms with van der Waals surface area (Å²) in [4.78, 5) is 20.1. The molecule has 2 aromatic carbocycles. The van der Waals surface area contributed by atoms with E-state index in [2.05, 4.69) is 11.5 Å². The van der Waals surface area contributed by atoms with Crippen LogP contribution in [-0.4, -0.2) is 5.97 Å². The highest BCUT2D eigenvalue weighted by Crippen LogP contribution is 2.20. The first kappa shape index (κ1) is 10.2. The second kappa shape index (κ2) is 4.49. The zero-order chi connectivity index (χ0) is 11.4. The summed E-state index contributed by atoms with van der Waals surface area (Å²) in [6.45, 7) is 3.27.